The molecule has 2 aliphatic heterocycles. The van der Waals surface area contributed by atoms with Crippen LogP contribution in [0.15, 0.2) is 34.9 Å². The molecular weight excluding hydrogens is 941 g/mol. The molecule has 6 rings (SSSR count). The molecule has 18 atom stereocenters. The Kier molecular flexibility index (Phi) is 17.9. The lowest BCUT2D eigenvalue weighted by molar-refractivity contribution is -0.325. The number of hydrogen-bond acceptors (Lipinski definition) is 18. The lowest BCUT2D eigenvalue weighted by atomic mass is 9.36. The molecule has 3 unspecified atom stereocenters. The normalized spacial score (nSPS) is 39.7. The van der Waals surface area contributed by atoms with Gasteiger partial charge in [-0.05, 0) is 117 Å². The Morgan fingerprint density at radius 3 is 1.89 bits per heavy atom. The molecule has 0 aromatic carbocycles. The first-order valence-corrected chi connectivity index (χ1v) is 25.2. The number of aliphatic hydroxyl groups is 1. The predicted molar refractivity (Wildman–Crippen MR) is 253 cm³/mol. The maximum absolute atomic E-state index is 13.0. The Labute approximate surface area is 421 Å². The van der Waals surface area contributed by atoms with Crippen molar-refractivity contribution in [3.63, 3.8) is 0 Å². The number of carboxylic acids is 1. The Morgan fingerprint density at radius 1 is 0.708 bits per heavy atom. The van der Waals surface area contributed by atoms with Crippen LogP contribution in [0.3, 0.4) is 0 Å². The molecule has 0 bridgehead atoms. The summed E-state index contributed by atoms with van der Waals surface area (Å²) >= 11 is 0. The van der Waals surface area contributed by atoms with Gasteiger partial charge >= 0.3 is 41.8 Å². The molecule has 4 aliphatic carbocycles. The van der Waals surface area contributed by atoms with E-state index in [-0.39, 0.29) is 53.8 Å². The van der Waals surface area contributed by atoms with Crippen molar-refractivity contribution >= 4 is 41.8 Å². The maximum Gasteiger partial charge on any atom is 0.331 e. The average Bonchev–Trinajstić information content (AvgIpc) is 3.54. The van der Waals surface area contributed by atoms with Gasteiger partial charge < -0.3 is 57.6 Å². The molecule has 0 spiro atoms. The summed E-state index contributed by atoms with van der Waals surface area (Å²) in [7, 11) is 0. The smallest absolute Gasteiger partial charge is 0.331 e. The van der Waals surface area contributed by atoms with Crippen LogP contribution in [0.25, 0.3) is 0 Å². The molecular formula is C53H76O19. The van der Waals surface area contributed by atoms with E-state index in [2.05, 4.69) is 27.7 Å². The van der Waals surface area contributed by atoms with Crippen LogP contribution in [-0.4, -0.2) is 133 Å². The molecule has 4 saturated carbocycles. The van der Waals surface area contributed by atoms with Crippen molar-refractivity contribution in [2.45, 2.75) is 202 Å². The molecule has 402 valence electrons. The third-order valence-electron chi connectivity index (χ3n) is 16.7. The van der Waals surface area contributed by atoms with Crippen molar-refractivity contribution < 1.29 is 91.1 Å². The van der Waals surface area contributed by atoms with E-state index in [1.165, 1.54) is 20.8 Å². The molecule has 0 aromatic heterocycles. The van der Waals surface area contributed by atoms with E-state index in [4.69, 9.17) is 47.4 Å². The Balaban J connectivity index is 1.24. The fraction of sp³-hybridized carbons (Fsp3) is 0.755. The standard InChI is InChI=1S/C53H76O19/c1-26(2)14-13-15-34(49(61)62)44-36-22-37(60)48-51(10)20-19-38(27(3)35(51)18-21-52(48,11)53(36,12)23-40(44)65-30(6)56)69-43-17-16-39(41(70-43)24-63-28(4)54)71-50-47(68-33(9)59)46(67-32(8)58)45(66-31(7)57)42(72-50)25-64-29(5)55/h14,16-17,27,35-43,45-48,50,60H,13,15,18-25H2,1-12H3,(H,61,62)/b44-34+/t27-,35-,36-,37?,38+,39-,40-,41+,42+,43?,45+,46-,47+,48?,50-,51-,52-,53-/m0/s1. The summed E-state index contributed by atoms with van der Waals surface area (Å²) in [6.45, 7) is 19.2. The minimum Gasteiger partial charge on any atom is -0.478 e. The molecule has 0 aromatic rings. The first-order valence-electron chi connectivity index (χ1n) is 25.2. The van der Waals surface area contributed by atoms with Crippen LogP contribution in [0.2, 0.25) is 0 Å². The third kappa shape index (κ3) is 12.0. The molecule has 19 nitrogen and oxygen atoms in total. The minimum absolute atomic E-state index is 0.0110. The second kappa shape index (κ2) is 22.8. The van der Waals surface area contributed by atoms with Gasteiger partial charge in [0.2, 0.25) is 0 Å². The van der Waals surface area contributed by atoms with E-state index < -0.39 is 121 Å². The van der Waals surface area contributed by atoms with Gasteiger partial charge in [0.05, 0.1) is 12.2 Å². The average molecular weight is 1020 g/mol. The van der Waals surface area contributed by atoms with Gasteiger partial charge in [0.25, 0.3) is 0 Å². The minimum atomic E-state index is -1.53. The van der Waals surface area contributed by atoms with E-state index in [0.717, 1.165) is 39.2 Å². The quantitative estimate of drug-likeness (QED) is 0.0778. The predicted octanol–water partition coefficient (Wildman–Crippen LogP) is 6.00. The van der Waals surface area contributed by atoms with E-state index in [0.29, 0.717) is 37.7 Å². The zero-order valence-electron chi connectivity index (χ0n) is 43.8. The summed E-state index contributed by atoms with van der Waals surface area (Å²) in [4.78, 5) is 86.9. The topological polar surface area (TPSA) is 252 Å². The number of fused-ring (bicyclic) bond motifs is 5. The van der Waals surface area contributed by atoms with Gasteiger partial charge in [-0.1, -0.05) is 45.4 Å². The fourth-order valence-corrected chi connectivity index (χ4v) is 13.8. The van der Waals surface area contributed by atoms with E-state index >= 15 is 0 Å². The summed E-state index contributed by atoms with van der Waals surface area (Å²) in [6, 6.07) is 0. The van der Waals surface area contributed by atoms with E-state index in [9.17, 15) is 43.8 Å². The summed E-state index contributed by atoms with van der Waals surface area (Å²) in [6.07, 6.45) is -2.11. The van der Waals surface area contributed by atoms with Gasteiger partial charge in [-0.15, -0.1) is 0 Å². The molecule has 2 N–H and O–H groups in total. The van der Waals surface area contributed by atoms with Crippen LogP contribution in [0, 0.1) is 39.9 Å². The zero-order valence-corrected chi connectivity index (χ0v) is 43.8. The number of esters is 6. The summed E-state index contributed by atoms with van der Waals surface area (Å²) in [5.41, 5.74) is 0.713. The Bertz CT molecular complexity index is 2160. The summed E-state index contributed by atoms with van der Waals surface area (Å²) in [5.74, 6) is -5.52. The molecule has 1 saturated heterocycles. The van der Waals surface area contributed by atoms with Gasteiger partial charge in [0.1, 0.15) is 37.6 Å². The molecule has 19 heteroatoms. The number of carbonyl (C=O) groups is 7. The monoisotopic (exact) mass is 1020 g/mol. The number of ether oxygens (including phenoxy) is 10. The molecule has 72 heavy (non-hydrogen) atoms. The van der Waals surface area contributed by atoms with Gasteiger partial charge in [-0.25, -0.2) is 4.79 Å². The Morgan fingerprint density at radius 2 is 1.31 bits per heavy atom. The van der Waals surface area contributed by atoms with Crippen molar-refractivity contribution in [2.75, 3.05) is 13.2 Å². The third-order valence-corrected chi connectivity index (χ3v) is 16.7. The van der Waals surface area contributed by atoms with Crippen molar-refractivity contribution in [3.8, 4) is 0 Å². The van der Waals surface area contributed by atoms with E-state index in [1.807, 2.05) is 19.9 Å². The van der Waals surface area contributed by atoms with Gasteiger partial charge in [0.15, 0.2) is 30.9 Å². The number of hydrogen-bond donors (Lipinski definition) is 2. The largest absolute Gasteiger partial charge is 0.478 e. The Hall–Kier alpha value is -4.69. The second-order valence-corrected chi connectivity index (χ2v) is 21.7. The molecule has 0 radical (unpaired) electrons. The maximum atomic E-state index is 13.0. The zero-order chi connectivity index (χ0) is 53.2. The molecule has 0 amide bonds. The highest BCUT2D eigenvalue weighted by Crippen LogP contribution is 2.74. The van der Waals surface area contributed by atoms with Crippen LogP contribution in [0.1, 0.15) is 134 Å². The van der Waals surface area contributed by atoms with Crippen LogP contribution in [-0.2, 0) is 80.9 Å². The SMILES string of the molecule is CC(=O)OC[C@H]1O[C@H](O[C@H]2C=CC(O[C@@H]3CC[C@]4(C)C5C(O)C[C@H]6/C(=C(/CCC=C(C)C)C(=O)O)[C@@H](OC(C)=O)C[C@]6(C)[C@@]5(C)CC[C@H]4[C@@H]3C)O[C@@H]2COC(C)=O)[C@H](OC(C)=O)[C@@H](OC(C)=O)[C@@H]1OC(C)=O. The van der Waals surface area contributed by atoms with Crippen LogP contribution >= 0.6 is 0 Å². The lowest BCUT2D eigenvalue weighted by Gasteiger charge is -2.69. The van der Waals surface area contributed by atoms with Crippen molar-refractivity contribution in [1.29, 1.82) is 0 Å². The number of allylic oxidation sites excluding steroid dienone is 2. The fourth-order valence-electron chi connectivity index (χ4n) is 13.8. The highest BCUT2D eigenvalue weighted by Gasteiger charge is 2.71. The van der Waals surface area contributed by atoms with Crippen LogP contribution in [0.4, 0.5) is 0 Å². The molecule has 5 fully saturated rings. The first-order chi connectivity index (χ1) is 33.7. The first kappa shape index (κ1) is 56.6. The molecule has 6 aliphatic rings. The summed E-state index contributed by atoms with van der Waals surface area (Å²) < 4.78 is 59.1. The van der Waals surface area contributed by atoms with Crippen molar-refractivity contribution in [1.82, 2.24) is 0 Å². The van der Waals surface area contributed by atoms with Crippen molar-refractivity contribution in [3.05, 3.63) is 34.9 Å². The summed E-state index contributed by atoms with van der Waals surface area (Å²) in [5, 5.41) is 23.1. The molecule has 2 heterocycles. The van der Waals surface area contributed by atoms with Crippen molar-refractivity contribution in [2.24, 2.45) is 39.9 Å². The van der Waals surface area contributed by atoms with Crippen LogP contribution < -0.4 is 0 Å². The number of carboxylic acid groups (broad SMARTS) is 1. The number of aliphatic hydroxyl groups excluding tert-OH is 1. The van der Waals surface area contributed by atoms with Crippen LogP contribution in [0.5, 0.6) is 0 Å². The van der Waals surface area contributed by atoms with Gasteiger partial charge in [-0.2, -0.15) is 0 Å². The number of rotatable bonds is 16. The van der Waals surface area contributed by atoms with Gasteiger partial charge in [-0.3, -0.25) is 28.8 Å². The number of aliphatic carboxylic acids is 1. The van der Waals surface area contributed by atoms with Gasteiger partial charge in [0, 0.05) is 47.1 Å². The van der Waals surface area contributed by atoms with E-state index in [1.54, 1.807) is 12.2 Å². The number of carbonyl (C=O) groups excluding carboxylic acids is 6. The highest BCUT2D eigenvalue weighted by molar-refractivity contribution is 5.88. The highest BCUT2D eigenvalue weighted by atomic mass is 16.8. The second-order valence-electron chi connectivity index (χ2n) is 21.7. The lowest BCUT2D eigenvalue weighted by Crippen LogP contribution is -2.65.